The number of hydrogen-bond acceptors (Lipinski definition) is 4. The van der Waals surface area contributed by atoms with Crippen molar-refractivity contribution in [1.29, 1.82) is 0 Å². The lowest BCUT2D eigenvalue weighted by molar-refractivity contribution is 0.128. The van der Waals surface area contributed by atoms with Gasteiger partial charge in [0.05, 0.1) is 13.2 Å². The number of rotatable bonds is 9. The Morgan fingerprint density at radius 1 is 0.913 bits per heavy atom. The molecule has 124 valence electrons. The summed E-state index contributed by atoms with van der Waals surface area (Å²) < 4.78 is 24.0. The Morgan fingerprint density at radius 3 is 1.74 bits per heavy atom. The molecule has 0 spiro atoms. The first-order valence-electron chi connectivity index (χ1n) is 7.79. The Hall–Kier alpha value is -1.45. The van der Waals surface area contributed by atoms with Crippen molar-refractivity contribution in [3.63, 3.8) is 0 Å². The van der Waals surface area contributed by atoms with E-state index in [0.717, 1.165) is 11.1 Å². The maximum absolute atomic E-state index is 13.0. The lowest BCUT2D eigenvalue weighted by Crippen LogP contribution is -2.12. The van der Waals surface area contributed by atoms with Gasteiger partial charge in [-0.25, -0.2) is 0 Å². The van der Waals surface area contributed by atoms with Gasteiger partial charge in [0.1, 0.15) is 0 Å². The third kappa shape index (κ3) is 5.60. The van der Waals surface area contributed by atoms with Gasteiger partial charge in [-0.3, -0.25) is 4.57 Å². The maximum Gasteiger partial charge on any atom is 0.359 e. The molecule has 2 rings (SSSR count). The fraction of sp³-hybridized carbons (Fsp3) is 0.333. The molecule has 0 amide bonds. The predicted molar refractivity (Wildman–Crippen MR) is 91.0 cm³/mol. The van der Waals surface area contributed by atoms with Crippen LogP contribution in [0.5, 0.6) is 0 Å². The first kappa shape index (κ1) is 17.9. The Morgan fingerprint density at radius 2 is 1.35 bits per heavy atom. The lowest BCUT2D eigenvalue weighted by Gasteiger charge is -2.23. The largest absolute Gasteiger partial charge is 0.380 e. The number of hydrogen-bond donors (Lipinski definition) is 1. The molecule has 2 aromatic rings. The van der Waals surface area contributed by atoms with Gasteiger partial charge in [0.25, 0.3) is 0 Å². The highest BCUT2D eigenvalue weighted by molar-refractivity contribution is 7.54. The Balaban J connectivity index is 2.03. The molecule has 0 heterocycles. The number of aliphatic hydroxyl groups is 1. The molecule has 0 aromatic heterocycles. The van der Waals surface area contributed by atoms with Crippen molar-refractivity contribution in [3.8, 4) is 0 Å². The van der Waals surface area contributed by atoms with Crippen LogP contribution < -0.4 is 0 Å². The third-order valence-corrected chi connectivity index (χ3v) is 5.39. The Bertz CT molecular complexity index is 568. The van der Waals surface area contributed by atoms with Crippen LogP contribution in [-0.2, 0) is 26.8 Å². The first-order valence-corrected chi connectivity index (χ1v) is 9.40. The molecular weight excluding hydrogens is 311 g/mol. The summed E-state index contributed by atoms with van der Waals surface area (Å²) in [6.07, 6.45) is 1.08. The molecule has 0 fully saturated rings. The summed E-state index contributed by atoms with van der Waals surface area (Å²) >= 11 is 0. The second-order valence-corrected chi connectivity index (χ2v) is 7.52. The van der Waals surface area contributed by atoms with E-state index in [0.29, 0.717) is 12.8 Å². The molecule has 0 aliphatic rings. The Labute approximate surface area is 137 Å². The molecule has 0 aliphatic carbocycles. The Kier molecular flexibility index (Phi) is 7.00. The smallest absolute Gasteiger partial charge is 0.359 e. The van der Waals surface area contributed by atoms with Crippen LogP contribution in [0.3, 0.4) is 0 Å². The molecule has 1 unspecified atom stereocenters. The fourth-order valence-electron chi connectivity index (χ4n) is 2.10. The summed E-state index contributed by atoms with van der Waals surface area (Å²) in [5.74, 6) is -1.11. The van der Waals surface area contributed by atoms with Crippen LogP contribution in [-0.4, -0.2) is 11.0 Å². The van der Waals surface area contributed by atoms with Gasteiger partial charge < -0.3 is 14.2 Å². The van der Waals surface area contributed by atoms with Crippen LogP contribution in [0.15, 0.2) is 60.7 Å². The summed E-state index contributed by atoms with van der Waals surface area (Å²) in [7, 11) is -3.60. The molecule has 0 saturated heterocycles. The topological polar surface area (TPSA) is 55.8 Å². The van der Waals surface area contributed by atoms with Crippen LogP contribution >= 0.6 is 7.60 Å². The predicted octanol–water partition coefficient (Wildman–Crippen LogP) is 4.73. The number of benzene rings is 2. The van der Waals surface area contributed by atoms with Gasteiger partial charge in [-0.15, -0.1) is 0 Å². The van der Waals surface area contributed by atoms with E-state index in [1.165, 1.54) is 0 Å². The van der Waals surface area contributed by atoms with E-state index in [1.54, 1.807) is 0 Å². The van der Waals surface area contributed by atoms with E-state index in [2.05, 4.69) is 0 Å². The standard InChI is InChI=1S/C18H23O4P/c1-2-9-18(19)23(20,21-14-16-10-5-3-6-11-16)22-15-17-12-7-4-8-13-17/h3-8,10-13,18-19H,2,9,14-15H2,1H3. The summed E-state index contributed by atoms with van der Waals surface area (Å²) in [5.41, 5.74) is 1.78. The van der Waals surface area contributed by atoms with Crippen molar-refractivity contribution in [1.82, 2.24) is 0 Å². The second-order valence-electron chi connectivity index (χ2n) is 5.33. The van der Waals surface area contributed by atoms with Crippen molar-refractivity contribution in [2.24, 2.45) is 0 Å². The van der Waals surface area contributed by atoms with E-state index in [9.17, 15) is 9.67 Å². The van der Waals surface area contributed by atoms with E-state index in [-0.39, 0.29) is 13.2 Å². The van der Waals surface area contributed by atoms with Gasteiger partial charge >= 0.3 is 7.60 Å². The lowest BCUT2D eigenvalue weighted by atomic mass is 10.2. The molecule has 2 aromatic carbocycles. The molecule has 1 N–H and O–H groups in total. The monoisotopic (exact) mass is 334 g/mol. The summed E-state index contributed by atoms with van der Waals surface area (Å²) in [6.45, 7) is 2.21. The van der Waals surface area contributed by atoms with Crippen molar-refractivity contribution in [3.05, 3.63) is 71.8 Å². The van der Waals surface area contributed by atoms with Crippen LogP contribution in [0, 0.1) is 0 Å². The van der Waals surface area contributed by atoms with Gasteiger partial charge in [-0.2, -0.15) is 0 Å². The normalized spacial score (nSPS) is 13.0. The molecule has 5 heteroatoms. The van der Waals surface area contributed by atoms with Crippen LogP contribution in [0.25, 0.3) is 0 Å². The molecule has 4 nitrogen and oxygen atoms in total. The fourth-order valence-corrected chi connectivity index (χ4v) is 3.75. The minimum Gasteiger partial charge on any atom is -0.380 e. The summed E-state index contributed by atoms with van der Waals surface area (Å²) in [5, 5.41) is 10.2. The molecule has 0 bridgehead atoms. The van der Waals surface area contributed by atoms with Crippen molar-refractivity contribution >= 4 is 7.60 Å². The zero-order valence-electron chi connectivity index (χ0n) is 13.3. The third-order valence-electron chi connectivity index (χ3n) is 3.42. The van der Waals surface area contributed by atoms with E-state index in [4.69, 9.17) is 9.05 Å². The molecule has 23 heavy (non-hydrogen) atoms. The SMILES string of the molecule is CCCC(O)P(=O)(OCc1ccccc1)OCc1ccccc1. The summed E-state index contributed by atoms with van der Waals surface area (Å²) in [6, 6.07) is 18.9. The summed E-state index contributed by atoms with van der Waals surface area (Å²) in [4.78, 5) is 0. The van der Waals surface area contributed by atoms with E-state index in [1.807, 2.05) is 67.6 Å². The van der Waals surface area contributed by atoms with Crippen LogP contribution in [0.1, 0.15) is 30.9 Å². The minimum absolute atomic E-state index is 0.147. The number of aliphatic hydroxyl groups excluding tert-OH is 1. The maximum atomic E-state index is 13.0. The van der Waals surface area contributed by atoms with Gasteiger partial charge in [0.15, 0.2) is 5.85 Å². The van der Waals surface area contributed by atoms with Crippen LogP contribution in [0.4, 0.5) is 0 Å². The van der Waals surface area contributed by atoms with Gasteiger partial charge in [0.2, 0.25) is 0 Å². The average molecular weight is 334 g/mol. The zero-order valence-corrected chi connectivity index (χ0v) is 14.2. The molecule has 0 saturated carbocycles. The molecule has 1 atom stereocenters. The second kappa shape index (κ2) is 8.99. The van der Waals surface area contributed by atoms with Crippen molar-refractivity contribution in [2.45, 2.75) is 38.8 Å². The zero-order chi connectivity index (χ0) is 16.5. The minimum atomic E-state index is -3.60. The molecular formula is C18H23O4P. The van der Waals surface area contributed by atoms with Gasteiger partial charge in [0, 0.05) is 0 Å². The first-order chi connectivity index (χ1) is 11.1. The van der Waals surface area contributed by atoms with Crippen molar-refractivity contribution in [2.75, 3.05) is 0 Å². The average Bonchev–Trinajstić information content (AvgIpc) is 2.60. The van der Waals surface area contributed by atoms with Gasteiger partial charge in [-0.05, 0) is 17.5 Å². The van der Waals surface area contributed by atoms with E-state index < -0.39 is 13.4 Å². The molecule has 0 radical (unpaired) electrons. The van der Waals surface area contributed by atoms with Gasteiger partial charge in [-0.1, -0.05) is 74.0 Å². The highest BCUT2D eigenvalue weighted by atomic mass is 31.2. The molecule has 0 aliphatic heterocycles. The quantitative estimate of drug-likeness (QED) is 0.674. The highest BCUT2D eigenvalue weighted by Gasteiger charge is 2.34. The van der Waals surface area contributed by atoms with Crippen molar-refractivity contribution < 1.29 is 18.7 Å². The van der Waals surface area contributed by atoms with Crippen LogP contribution in [0.2, 0.25) is 0 Å². The van der Waals surface area contributed by atoms with E-state index >= 15 is 0 Å². The highest BCUT2D eigenvalue weighted by Crippen LogP contribution is 2.54.